The van der Waals surface area contributed by atoms with Gasteiger partial charge in [-0.1, -0.05) is 111 Å². The average Bonchev–Trinajstić information content (AvgIpc) is 2.80. The molecule has 28 heavy (non-hydrogen) atoms. The highest BCUT2D eigenvalue weighted by molar-refractivity contribution is 5.19. The van der Waals surface area contributed by atoms with Crippen LogP contribution in [0.15, 0.2) is 72.8 Å². The van der Waals surface area contributed by atoms with Crippen LogP contribution in [0, 0.1) is 11.8 Å². The van der Waals surface area contributed by atoms with Crippen LogP contribution < -0.4 is 0 Å². The first-order valence-electron chi connectivity index (χ1n) is 11.7. The highest BCUT2D eigenvalue weighted by Crippen LogP contribution is 2.28. The monoisotopic (exact) mass is 374 g/mol. The van der Waals surface area contributed by atoms with E-state index < -0.39 is 0 Å². The van der Waals surface area contributed by atoms with Crippen LogP contribution >= 0.6 is 0 Å². The largest absolute Gasteiger partial charge is 0.0851 e. The van der Waals surface area contributed by atoms with Gasteiger partial charge in [0.25, 0.3) is 0 Å². The minimum Gasteiger partial charge on any atom is -0.0851 e. The first-order valence-corrected chi connectivity index (χ1v) is 11.7. The SMILES string of the molecule is C(=C\C1CCCCC1)/C1CCCCC1.c1ccc(CCc2ccccc2)cc1. The molecule has 0 N–H and O–H groups in total. The molecule has 2 aromatic carbocycles. The summed E-state index contributed by atoms with van der Waals surface area (Å²) in [6.07, 6.45) is 22.1. The van der Waals surface area contributed by atoms with Gasteiger partial charge in [-0.25, -0.2) is 0 Å². The number of hydrogen-bond donors (Lipinski definition) is 0. The Morgan fingerprint density at radius 1 is 0.500 bits per heavy atom. The van der Waals surface area contributed by atoms with E-state index in [4.69, 9.17) is 0 Å². The van der Waals surface area contributed by atoms with Crippen LogP contribution in [0.2, 0.25) is 0 Å². The van der Waals surface area contributed by atoms with Crippen molar-refractivity contribution in [1.82, 2.24) is 0 Å². The molecule has 0 heterocycles. The van der Waals surface area contributed by atoms with Crippen LogP contribution in [0.25, 0.3) is 0 Å². The van der Waals surface area contributed by atoms with Gasteiger partial charge in [0.15, 0.2) is 0 Å². The Morgan fingerprint density at radius 2 is 0.857 bits per heavy atom. The topological polar surface area (TPSA) is 0 Å². The number of benzene rings is 2. The number of aryl methyl sites for hydroxylation is 2. The average molecular weight is 375 g/mol. The molecule has 2 fully saturated rings. The molecule has 0 nitrogen and oxygen atoms in total. The minimum absolute atomic E-state index is 0.936. The molecular formula is C28H38. The van der Waals surface area contributed by atoms with E-state index in [0.29, 0.717) is 0 Å². The lowest BCUT2D eigenvalue weighted by molar-refractivity contribution is 0.401. The van der Waals surface area contributed by atoms with Gasteiger partial charge in [0.1, 0.15) is 0 Å². The third kappa shape index (κ3) is 8.05. The van der Waals surface area contributed by atoms with Gasteiger partial charge >= 0.3 is 0 Å². The summed E-state index contributed by atoms with van der Waals surface area (Å²) in [7, 11) is 0. The highest BCUT2D eigenvalue weighted by Gasteiger charge is 2.13. The van der Waals surface area contributed by atoms with Crippen molar-refractivity contribution >= 4 is 0 Å². The third-order valence-electron chi connectivity index (χ3n) is 6.34. The standard InChI is InChI=1S/C14H24.C14H14/c2*1-3-7-13(8-4-1)11-12-14-9-5-2-6-10-14/h11-14H,1-10H2;1-10H,11-12H2/b12-11+;. The molecule has 0 unspecified atom stereocenters. The fraction of sp³-hybridized carbons (Fsp3) is 0.500. The normalized spacial score (nSPS) is 18.6. The van der Waals surface area contributed by atoms with Crippen molar-refractivity contribution in [2.45, 2.75) is 77.0 Å². The van der Waals surface area contributed by atoms with Gasteiger partial charge in [0.05, 0.1) is 0 Å². The van der Waals surface area contributed by atoms with Crippen molar-refractivity contribution in [3.05, 3.63) is 83.9 Å². The van der Waals surface area contributed by atoms with Gasteiger partial charge in [-0.3, -0.25) is 0 Å². The van der Waals surface area contributed by atoms with Crippen LogP contribution in [0.1, 0.15) is 75.3 Å². The van der Waals surface area contributed by atoms with E-state index in [0.717, 1.165) is 24.7 Å². The molecule has 0 saturated heterocycles. The molecule has 2 aliphatic carbocycles. The van der Waals surface area contributed by atoms with Crippen LogP contribution in [-0.2, 0) is 12.8 Å². The summed E-state index contributed by atoms with van der Waals surface area (Å²) < 4.78 is 0. The van der Waals surface area contributed by atoms with Gasteiger partial charge in [0, 0.05) is 0 Å². The molecule has 0 amide bonds. The van der Waals surface area contributed by atoms with Crippen molar-refractivity contribution in [2.24, 2.45) is 11.8 Å². The van der Waals surface area contributed by atoms with E-state index in [2.05, 4.69) is 72.8 Å². The lowest BCUT2D eigenvalue weighted by Gasteiger charge is -2.21. The summed E-state index contributed by atoms with van der Waals surface area (Å²) in [5.74, 6) is 1.87. The zero-order valence-electron chi connectivity index (χ0n) is 17.6. The lowest BCUT2D eigenvalue weighted by Crippen LogP contribution is -2.06. The minimum atomic E-state index is 0.936. The second-order valence-corrected chi connectivity index (χ2v) is 8.65. The molecule has 0 atom stereocenters. The van der Waals surface area contributed by atoms with Crippen molar-refractivity contribution < 1.29 is 0 Å². The fourth-order valence-corrected chi connectivity index (χ4v) is 4.55. The molecule has 0 spiro atoms. The zero-order chi connectivity index (χ0) is 19.3. The molecule has 0 radical (unpaired) electrons. The molecule has 150 valence electrons. The van der Waals surface area contributed by atoms with E-state index in [9.17, 15) is 0 Å². The maximum Gasteiger partial charge on any atom is -0.0233 e. The van der Waals surface area contributed by atoms with E-state index in [1.165, 1.54) is 75.3 Å². The first kappa shape index (κ1) is 20.9. The van der Waals surface area contributed by atoms with Gasteiger partial charge < -0.3 is 0 Å². The molecule has 2 saturated carbocycles. The summed E-state index contributed by atoms with van der Waals surface area (Å²) in [6.45, 7) is 0. The maximum atomic E-state index is 2.55. The number of rotatable bonds is 5. The van der Waals surface area contributed by atoms with Gasteiger partial charge in [0.2, 0.25) is 0 Å². The van der Waals surface area contributed by atoms with Crippen LogP contribution in [0.4, 0.5) is 0 Å². The van der Waals surface area contributed by atoms with Crippen molar-refractivity contribution in [2.75, 3.05) is 0 Å². The summed E-state index contributed by atoms with van der Waals surface area (Å²) in [4.78, 5) is 0. The first-order chi connectivity index (χ1) is 13.9. The van der Waals surface area contributed by atoms with Crippen LogP contribution in [0.3, 0.4) is 0 Å². The Kier molecular flexibility index (Phi) is 9.41. The molecule has 0 heteroatoms. The summed E-state index contributed by atoms with van der Waals surface area (Å²) in [5.41, 5.74) is 2.83. The smallest absolute Gasteiger partial charge is 0.0233 e. The molecule has 0 bridgehead atoms. The van der Waals surface area contributed by atoms with E-state index >= 15 is 0 Å². The molecule has 2 aliphatic rings. The van der Waals surface area contributed by atoms with Crippen molar-refractivity contribution in [3.63, 3.8) is 0 Å². The molecule has 0 aromatic heterocycles. The van der Waals surface area contributed by atoms with Crippen LogP contribution in [-0.4, -0.2) is 0 Å². The Labute approximate surface area is 173 Å². The Hall–Kier alpha value is -1.82. The summed E-state index contributed by atoms with van der Waals surface area (Å²) in [6, 6.07) is 21.2. The van der Waals surface area contributed by atoms with Gasteiger partial charge in [-0.05, 0) is 61.5 Å². The molecule has 2 aromatic rings. The van der Waals surface area contributed by atoms with E-state index in [1.807, 2.05) is 0 Å². The molecular weight excluding hydrogens is 336 g/mol. The predicted molar refractivity (Wildman–Crippen MR) is 123 cm³/mol. The van der Waals surface area contributed by atoms with Crippen LogP contribution in [0.5, 0.6) is 0 Å². The quantitative estimate of drug-likeness (QED) is 0.463. The summed E-state index contributed by atoms with van der Waals surface area (Å²) >= 11 is 0. The Morgan fingerprint density at radius 3 is 1.21 bits per heavy atom. The summed E-state index contributed by atoms with van der Waals surface area (Å²) in [5, 5.41) is 0. The third-order valence-corrected chi connectivity index (χ3v) is 6.34. The van der Waals surface area contributed by atoms with Gasteiger partial charge in [-0.2, -0.15) is 0 Å². The lowest BCUT2D eigenvalue weighted by atomic mass is 9.85. The second-order valence-electron chi connectivity index (χ2n) is 8.65. The van der Waals surface area contributed by atoms with Crippen molar-refractivity contribution in [3.8, 4) is 0 Å². The Balaban J connectivity index is 0.000000161. The van der Waals surface area contributed by atoms with Crippen molar-refractivity contribution in [1.29, 1.82) is 0 Å². The van der Waals surface area contributed by atoms with Gasteiger partial charge in [-0.15, -0.1) is 0 Å². The predicted octanol–water partition coefficient (Wildman–Crippen LogP) is 8.18. The van der Waals surface area contributed by atoms with E-state index in [-0.39, 0.29) is 0 Å². The molecule has 0 aliphatic heterocycles. The van der Waals surface area contributed by atoms with E-state index in [1.54, 1.807) is 0 Å². The number of allylic oxidation sites excluding steroid dienone is 2. The highest BCUT2D eigenvalue weighted by atomic mass is 14.2. The fourth-order valence-electron chi connectivity index (χ4n) is 4.55. The zero-order valence-corrected chi connectivity index (χ0v) is 17.6. The maximum absolute atomic E-state index is 2.55. The Bertz CT molecular complexity index is 583. The number of hydrogen-bond acceptors (Lipinski definition) is 0. The second kappa shape index (κ2) is 12.6. The molecule has 4 rings (SSSR count).